The molecule has 0 aromatic heterocycles. The highest BCUT2D eigenvalue weighted by Gasteiger charge is 2.51. The highest BCUT2D eigenvalue weighted by Crippen LogP contribution is 2.30. The second-order valence-corrected chi connectivity index (χ2v) is 26.8. The molecule has 94 heavy (non-hydrogen) atoms. The third-order valence-corrected chi connectivity index (χ3v) is 18.3. The number of ether oxygens (including phenoxy) is 4. The maximum atomic E-state index is 13.4. The van der Waals surface area contributed by atoms with E-state index in [1.807, 2.05) is 6.08 Å². The number of aliphatic hydroxyl groups excluding tert-OH is 8. The van der Waals surface area contributed by atoms with E-state index in [9.17, 15) is 45.6 Å². The smallest absolute Gasteiger partial charge is 0.220 e. The van der Waals surface area contributed by atoms with Gasteiger partial charge >= 0.3 is 0 Å². The summed E-state index contributed by atoms with van der Waals surface area (Å²) in [4.78, 5) is 13.4. The van der Waals surface area contributed by atoms with Gasteiger partial charge in [-0.3, -0.25) is 4.79 Å². The standard InChI is InChI=1S/C80H141NO13/c1-3-5-7-9-11-13-15-17-19-21-23-25-27-29-31-33-34-36-38-40-42-44-46-48-50-52-54-56-58-60-62-64-72(85)81-68(67-91-79-77(90)75(88)78(71(66-83)93-79)94-80-76(89)74(87)73(86)70(65-82)92-80)69(84)63-61-59-57-55-53-51-49-47-45-43-41-39-37-35-32-30-28-26-24-22-20-18-16-14-12-10-8-6-4-2/h5,7,11,13,17,19,23,25,29,31,34,36,40,42,61,63,68-71,73-80,82-84,86-90H,3-4,6,8-10,12,14-16,18,20-22,24,26-28,30,32-33,35,37-39,41,43-60,62,64-67H2,1-2H3,(H,81,85)/b7-5-,13-11-,19-17-,25-23-,31-29-,36-34-,42-40-,63-61+. The normalized spacial score (nSPS) is 23.0. The predicted octanol–water partition coefficient (Wildman–Crippen LogP) is 16.9. The van der Waals surface area contributed by atoms with Gasteiger partial charge in [0.1, 0.15) is 48.8 Å². The van der Waals surface area contributed by atoms with Crippen molar-refractivity contribution >= 4 is 5.91 Å². The Labute approximate surface area is 573 Å². The summed E-state index contributed by atoms with van der Waals surface area (Å²) in [5, 5.41) is 87.6. The molecule has 2 fully saturated rings. The van der Waals surface area contributed by atoms with Crippen LogP contribution < -0.4 is 5.32 Å². The van der Waals surface area contributed by atoms with E-state index in [0.29, 0.717) is 6.42 Å². The van der Waals surface area contributed by atoms with Crippen LogP contribution in [0, 0.1) is 0 Å². The van der Waals surface area contributed by atoms with Crippen molar-refractivity contribution in [3.63, 3.8) is 0 Å². The SMILES string of the molecule is CC/C=C\C/C=C\C/C=C\C/C=C\C/C=C\C/C=C\C/C=C\CCCCCCCCCCCC(=O)NC(COC1OC(CO)C(OC2OC(CO)C(O)C(O)C2O)C(O)C1O)C(O)/C=C/CCCCCCCCCCCCCCCCCCCCCCCCCCCCC. The Morgan fingerprint density at radius 1 is 0.394 bits per heavy atom. The van der Waals surface area contributed by atoms with Crippen LogP contribution in [0.25, 0.3) is 0 Å². The van der Waals surface area contributed by atoms with E-state index in [2.05, 4.69) is 104 Å². The minimum Gasteiger partial charge on any atom is -0.394 e. The molecule has 14 nitrogen and oxygen atoms in total. The molecule has 12 atom stereocenters. The van der Waals surface area contributed by atoms with Gasteiger partial charge in [-0.05, 0) is 77.0 Å². The Morgan fingerprint density at radius 2 is 0.734 bits per heavy atom. The van der Waals surface area contributed by atoms with E-state index in [1.165, 1.54) is 193 Å². The number of unbranched alkanes of at least 4 members (excludes halogenated alkanes) is 36. The van der Waals surface area contributed by atoms with Crippen molar-refractivity contribution in [2.24, 2.45) is 0 Å². The molecule has 0 aliphatic carbocycles. The number of hydrogen-bond acceptors (Lipinski definition) is 13. The lowest BCUT2D eigenvalue weighted by atomic mass is 9.97. The Morgan fingerprint density at radius 3 is 1.13 bits per heavy atom. The number of carbonyl (C=O) groups is 1. The molecule has 0 radical (unpaired) electrons. The zero-order valence-electron chi connectivity index (χ0n) is 59.4. The van der Waals surface area contributed by atoms with E-state index >= 15 is 0 Å². The Balaban J connectivity index is 1.66. The molecule has 14 heteroatoms. The molecule has 0 spiro atoms. The lowest BCUT2D eigenvalue weighted by molar-refractivity contribution is -0.359. The largest absolute Gasteiger partial charge is 0.394 e. The highest BCUT2D eigenvalue weighted by atomic mass is 16.7. The van der Waals surface area contributed by atoms with Gasteiger partial charge in [0, 0.05) is 6.42 Å². The lowest BCUT2D eigenvalue weighted by Crippen LogP contribution is -2.65. The van der Waals surface area contributed by atoms with Crippen LogP contribution in [0.3, 0.4) is 0 Å². The van der Waals surface area contributed by atoms with Crippen molar-refractivity contribution < 1.29 is 64.6 Å². The zero-order valence-corrected chi connectivity index (χ0v) is 59.4. The van der Waals surface area contributed by atoms with E-state index in [0.717, 1.165) is 89.9 Å². The van der Waals surface area contributed by atoms with E-state index in [1.54, 1.807) is 6.08 Å². The molecule has 0 aromatic carbocycles. The van der Waals surface area contributed by atoms with Gasteiger partial charge in [-0.2, -0.15) is 0 Å². The zero-order chi connectivity index (χ0) is 68.0. The quantitative estimate of drug-likeness (QED) is 0.0204. The summed E-state index contributed by atoms with van der Waals surface area (Å²) in [5.41, 5.74) is 0. The van der Waals surface area contributed by atoms with Crippen molar-refractivity contribution in [3.8, 4) is 0 Å². The molecule has 2 heterocycles. The molecule has 2 rings (SSSR count). The fourth-order valence-corrected chi connectivity index (χ4v) is 12.2. The Hall–Kier alpha value is -3.09. The van der Waals surface area contributed by atoms with Crippen LogP contribution >= 0.6 is 0 Å². The van der Waals surface area contributed by atoms with Crippen LogP contribution in [-0.2, 0) is 23.7 Å². The van der Waals surface area contributed by atoms with Crippen LogP contribution in [-0.4, -0.2) is 140 Å². The van der Waals surface area contributed by atoms with Crippen molar-refractivity contribution in [1.29, 1.82) is 0 Å². The maximum Gasteiger partial charge on any atom is 0.220 e. The number of nitrogens with one attached hydrogen (secondary N) is 1. The van der Waals surface area contributed by atoms with Crippen LogP contribution in [0.1, 0.15) is 309 Å². The average Bonchev–Trinajstić information content (AvgIpc) is 0.794. The van der Waals surface area contributed by atoms with E-state index < -0.39 is 86.8 Å². The molecule has 0 saturated carbocycles. The first kappa shape index (κ1) is 87.0. The first-order chi connectivity index (χ1) is 46.1. The van der Waals surface area contributed by atoms with Crippen LogP contribution in [0.4, 0.5) is 0 Å². The fraction of sp³-hybridized carbons (Fsp3) is 0.787. The van der Waals surface area contributed by atoms with E-state index in [-0.39, 0.29) is 18.9 Å². The molecule has 2 aliphatic rings. The lowest BCUT2D eigenvalue weighted by Gasteiger charge is -2.46. The fourth-order valence-electron chi connectivity index (χ4n) is 12.2. The number of allylic oxidation sites excluding steroid dienone is 15. The van der Waals surface area contributed by atoms with Crippen LogP contribution in [0.2, 0.25) is 0 Å². The van der Waals surface area contributed by atoms with Gasteiger partial charge in [-0.15, -0.1) is 0 Å². The third-order valence-electron chi connectivity index (χ3n) is 18.3. The topological polar surface area (TPSA) is 228 Å². The molecule has 2 saturated heterocycles. The van der Waals surface area contributed by atoms with Crippen molar-refractivity contribution in [2.45, 2.75) is 383 Å². The minimum absolute atomic E-state index is 0.246. The van der Waals surface area contributed by atoms with Crippen LogP contribution in [0.5, 0.6) is 0 Å². The summed E-state index contributed by atoms with van der Waals surface area (Å²) >= 11 is 0. The number of amides is 1. The van der Waals surface area contributed by atoms with Gasteiger partial charge in [0.2, 0.25) is 5.91 Å². The molecule has 9 N–H and O–H groups in total. The predicted molar refractivity (Wildman–Crippen MR) is 387 cm³/mol. The molecule has 12 unspecified atom stereocenters. The number of carbonyl (C=O) groups excluding carboxylic acids is 1. The van der Waals surface area contributed by atoms with Gasteiger partial charge in [0.25, 0.3) is 0 Å². The third kappa shape index (κ3) is 46.2. The van der Waals surface area contributed by atoms with Crippen LogP contribution in [0.15, 0.2) is 97.2 Å². The summed E-state index contributed by atoms with van der Waals surface area (Å²) in [5.74, 6) is -0.246. The Bertz CT molecular complexity index is 1950. The van der Waals surface area contributed by atoms with Gasteiger partial charge in [0.05, 0.1) is 32.0 Å². The summed E-state index contributed by atoms with van der Waals surface area (Å²) in [6.07, 6.45) is 73.2. The molecular formula is C80H141NO13. The van der Waals surface area contributed by atoms with Crippen molar-refractivity contribution in [2.75, 3.05) is 19.8 Å². The Kier molecular flexibility index (Phi) is 58.6. The van der Waals surface area contributed by atoms with Gasteiger partial charge in [-0.25, -0.2) is 0 Å². The summed E-state index contributed by atoms with van der Waals surface area (Å²) in [7, 11) is 0. The average molecular weight is 1330 g/mol. The second kappa shape index (κ2) is 63.4. The second-order valence-electron chi connectivity index (χ2n) is 26.8. The molecule has 0 bridgehead atoms. The number of aliphatic hydroxyl groups is 8. The maximum absolute atomic E-state index is 13.4. The van der Waals surface area contributed by atoms with Crippen molar-refractivity contribution in [1.82, 2.24) is 5.32 Å². The minimum atomic E-state index is -1.79. The first-order valence-corrected chi connectivity index (χ1v) is 38.5. The van der Waals surface area contributed by atoms with E-state index in [4.69, 9.17) is 18.9 Å². The van der Waals surface area contributed by atoms with Crippen molar-refractivity contribution in [3.05, 3.63) is 97.2 Å². The highest BCUT2D eigenvalue weighted by molar-refractivity contribution is 5.76. The number of hydrogen-bond donors (Lipinski definition) is 9. The summed E-state index contributed by atoms with van der Waals surface area (Å²) in [6, 6.07) is -0.927. The van der Waals surface area contributed by atoms with Gasteiger partial charge in [0.15, 0.2) is 12.6 Å². The molecule has 544 valence electrons. The molecule has 0 aromatic rings. The monoisotopic (exact) mass is 1320 g/mol. The molecule has 2 aliphatic heterocycles. The molecular weight excluding hydrogens is 1180 g/mol. The summed E-state index contributed by atoms with van der Waals surface area (Å²) < 4.78 is 22.9. The first-order valence-electron chi connectivity index (χ1n) is 38.5. The number of rotatable bonds is 63. The van der Waals surface area contributed by atoms with Gasteiger partial charge < -0.3 is 65.1 Å². The van der Waals surface area contributed by atoms with Gasteiger partial charge in [-0.1, -0.05) is 323 Å². The molecule has 1 amide bonds. The summed E-state index contributed by atoms with van der Waals surface area (Å²) in [6.45, 7) is 2.72.